The van der Waals surface area contributed by atoms with Crippen molar-refractivity contribution >= 4 is 40.8 Å². The SMILES string of the molecule is C[C@H]1C[C@@H]1C(=O)O[C@H](C(=O)Nc1cc(Cl)cc(Cl)c1)c1ccccc1. The van der Waals surface area contributed by atoms with Crippen LogP contribution in [0.3, 0.4) is 0 Å². The number of nitrogens with one attached hydrogen (secondary N) is 1. The smallest absolute Gasteiger partial charge is 0.310 e. The van der Waals surface area contributed by atoms with Gasteiger partial charge >= 0.3 is 5.97 Å². The van der Waals surface area contributed by atoms with Gasteiger partial charge in [0.1, 0.15) is 0 Å². The van der Waals surface area contributed by atoms with Crippen molar-refractivity contribution in [3.63, 3.8) is 0 Å². The van der Waals surface area contributed by atoms with Crippen LogP contribution in [0.15, 0.2) is 48.5 Å². The highest BCUT2D eigenvalue weighted by Crippen LogP contribution is 2.40. The molecule has 3 atom stereocenters. The average Bonchev–Trinajstić information content (AvgIpc) is 3.29. The molecule has 0 radical (unpaired) electrons. The van der Waals surface area contributed by atoms with E-state index in [1.807, 2.05) is 13.0 Å². The van der Waals surface area contributed by atoms with Crippen LogP contribution in [-0.4, -0.2) is 11.9 Å². The number of rotatable bonds is 5. The molecule has 0 spiro atoms. The zero-order valence-corrected chi connectivity index (χ0v) is 15.1. The Morgan fingerprint density at radius 1 is 1.12 bits per heavy atom. The lowest BCUT2D eigenvalue weighted by molar-refractivity contribution is -0.156. The van der Waals surface area contributed by atoms with Crippen LogP contribution in [-0.2, 0) is 14.3 Å². The van der Waals surface area contributed by atoms with Crippen LogP contribution in [0.5, 0.6) is 0 Å². The number of anilines is 1. The van der Waals surface area contributed by atoms with E-state index in [1.165, 1.54) is 0 Å². The van der Waals surface area contributed by atoms with Gasteiger partial charge in [-0.2, -0.15) is 0 Å². The largest absolute Gasteiger partial charge is 0.447 e. The first-order valence-corrected chi connectivity index (χ1v) is 8.72. The first kappa shape index (κ1) is 17.8. The van der Waals surface area contributed by atoms with Crippen LogP contribution in [0.1, 0.15) is 25.0 Å². The molecule has 3 rings (SSSR count). The van der Waals surface area contributed by atoms with Crippen LogP contribution in [0.2, 0.25) is 10.0 Å². The fourth-order valence-electron chi connectivity index (χ4n) is 2.59. The van der Waals surface area contributed by atoms with E-state index >= 15 is 0 Å². The molecule has 0 saturated heterocycles. The van der Waals surface area contributed by atoms with E-state index in [0.29, 0.717) is 27.2 Å². The summed E-state index contributed by atoms with van der Waals surface area (Å²) in [6.07, 6.45) is -0.231. The minimum absolute atomic E-state index is 0.125. The fourth-order valence-corrected chi connectivity index (χ4v) is 3.11. The Morgan fingerprint density at radius 3 is 2.28 bits per heavy atom. The van der Waals surface area contributed by atoms with Crippen molar-refractivity contribution in [2.24, 2.45) is 11.8 Å². The normalized spacial score (nSPS) is 19.8. The molecule has 0 heterocycles. The maximum absolute atomic E-state index is 12.7. The highest BCUT2D eigenvalue weighted by atomic mass is 35.5. The van der Waals surface area contributed by atoms with E-state index in [2.05, 4.69) is 5.32 Å². The van der Waals surface area contributed by atoms with Crippen molar-refractivity contribution in [1.29, 1.82) is 0 Å². The molecule has 2 aromatic carbocycles. The number of ether oxygens (including phenoxy) is 1. The van der Waals surface area contributed by atoms with Gasteiger partial charge in [-0.25, -0.2) is 0 Å². The Balaban J connectivity index is 1.80. The lowest BCUT2D eigenvalue weighted by atomic mass is 10.1. The third kappa shape index (κ3) is 4.53. The second kappa shape index (κ2) is 7.46. The molecular formula is C19H17Cl2NO3. The number of carbonyl (C=O) groups excluding carboxylic acids is 2. The lowest BCUT2D eigenvalue weighted by Crippen LogP contribution is -2.26. The lowest BCUT2D eigenvalue weighted by Gasteiger charge is -2.18. The first-order chi connectivity index (χ1) is 11.9. The molecule has 1 N–H and O–H groups in total. The summed E-state index contributed by atoms with van der Waals surface area (Å²) in [4.78, 5) is 24.9. The predicted octanol–water partition coefficient (Wildman–Crippen LogP) is 4.87. The molecule has 2 aromatic rings. The number of hydrogen-bond donors (Lipinski definition) is 1. The van der Waals surface area contributed by atoms with E-state index in [1.54, 1.807) is 42.5 Å². The number of carbonyl (C=O) groups is 2. The molecule has 25 heavy (non-hydrogen) atoms. The Hall–Kier alpha value is -2.04. The molecule has 1 saturated carbocycles. The van der Waals surface area contributed by atoms with Crippen molar-refractivity contribution in [3.8, 4) is 0 Å². The average molecular weight is 378 g/mol. The summed E-state index contributed by atoms with van der Waals surface area (Å²) in [6.45, 7) is 1.98. The van der Waals surface area contributed by atoms with E-state index in [9.17, 15) is 9.59 Å². The van der Waals surface area contributed by atoms with Crippen LogP contribution in [0.4, 0.5) is 5.69 Å². The molecule has 0 aliphatic heterocycles. The summed E-state index contributed by atoms with van der Waals surface area (Å²) in [6, 6.07) is 13.6. The summed E-state index contributed by atoms with van der Waals surface area (Å²) in [5.41, 5.74) is 1.05. The van der Waals surface area contributed by atoms with Crippen LogP contribution in [0.25, 0.3) is 0 Å². The highest BCUT2D eigenvalue weighted by Gasteiger charge is 2.42. The maximum Gasteiger partial charge on any atom is 0.310 e. The van der Waals surface area contributed by atoms with Gasteiger partial charge < -0.3 is 10.1 Å². The van der Waals surface area contributed by atoms with Gasteiger partial charge in [0.25, 0.3) is 5.91 Å². The minimum atomic E-state index is -1.03. The van der Waals surface area contributed by atoms with Crippen molar-refractivity contribution in [2.75, 3.05) is 5.32 Å². The van der Waals surface area contributed by atoms with Gasteiger partial charge in [-0.15, -0.1) is 0 Å². The molecule has 1 fully saturated rings. The zero-order valence-electron chi connectivity index (χ0n) is 13.5. The quantitative estimate of drug-likeness (QED) is 0.755. The fraction of sp³-hybridized carbons (Fsp3) is 0.263. The predicted molar refractivity (Wildman–Crippen MR) is 97.6 cm³/mol. The van der Waals surface area contributed by atoms with Crippen molar-refractivity contribution < 1.29 is 14.3 Å². The zero-order chi connectivity index (χ0) is 18.0. The Morgan fingerprint density at radius 2 is 1.72 bits per heavy atom. The number of hydrogen-bond acceptors (Lipinski definition) is 3. The first-order valence-electron chi connectivity index (χ1n) is 7.96. The van der Waals surface area contributed by atoms with Crippen LogP contribution < -0.4 is 5.32 Å². The summed E-state index contributed by atoms with van der Waals surface area (Å²) in [7, 11) is 0. The standard InChI is InChI=1S/C19H17Cl2NO3/c1-11-7-16(11)19(24)25-17(12-5-3-2-4-6-12)18(23)22-15-9-13(20)8-14(21)10-15/h2-6,8-11,16-17H,7H2,1H3,(H,22,23)/t11-,16-,17-/m0/s1. The van der Waals surface area contributed by atoms with Crippen LogP contribution in [0, 0.1) is 11.8 Å². The minimum Gasteiger partial charge on any atom is -0.447 e. The summed E-state index contributed by atoms with van der Waals surface area (Å²) in [5.74, 6) is -0.620. The third-order valence-electron chi connectivity index (χ3n) is 4.12. The number of benzene rings is 2. The second-order valence-electron chi connectivity index (χ2n) is 6.19. The second-order valence-corrected chi connectivity index (χ2v) is 7.07. The Kier molecular flexibility index (Phi) is 5.30. The number of amides is 1. The van der Waals surface area contributed by atoms with Gasteiger partial charge in [0.15, 0.2) is 0 Å². The van der Waals surface area contributed by atoms with Gasteiger partial charge in [-0.05, 0) is 30.5 Å². The summed E-state index contributed by atoms with van der Waals surface area (Å²) < 4.78 is 5.51. The Bertz CT molecular complexity index is 774. The van der Waals surface area contributed by atoms with E-state index in [-0.39, 0.29) is 11.9 Å². The molecular weight excluding hydrogens is 361 g/mol. The molecule has 4 nitrogen and oxygen atoms in total. The Labute approximate surface area is 156 Å². The monoisotopic (exact) mass is 377 g/mol. The summed E-state index contributed by atoms with van der Waals surface area (Å²) >= 11 is 11.9. The number of halogens is 2. The maximum atomic E-state index is 12.7. The van der Waals surface area contributed by atoms with Gasteiger partial charge in [0.2, 0.25) is 6.10 Å². The molecule has 1 amide bonds. The van der Waals surface area contributed by atoms with E-state index in [0.717, 1.165) is 6.42 Å². The number of esters is 1. The van der Waals surface area contributed by atoms with Gasteiger partial charge in [0, 0.05) is 21.3 Å². The van der Waals surface area contributed by atoms with Crippen LogP contribution >= 0.6 is 23.2 Å². The van der Waals surface area contributed by atoms with Gasteiger partial charge in [-0.1, -0.05) is 60.5 Å². The van der Waals surface area contributed by atoms with Gasteiger partial charge in [-0.3, -0.25) is 9.59 Å². The van der Waals surface area contributed by atoms with Gasteiger partial charge in [0.05, 0.1) is 5.92 Å². The topological polar surface area (TPSA) is 55.4 Å². The van der Waals surface area contributed by atoms with Crippen molar-refractivity contribution in [1.82, 2.24) is 0 Å². The molecule has 1 aliphatic rings. The van der Waals surface area contributed by atoms with E-state index in [4.69, 9.17) is 27.9 Å². The van der Waals surface area contributed by atoms with E-state index < -0.39 is 12.0 Å². The molecule has 0 bridgehead atoms. The molecule has 1 aliphatic carbocycles. The van der Waals surface area contributed by atoms with Crippen molar-refractivity contribution in [3.05, 3.63) is 64.1 Å². The van der Waals surface area contributed by atoms with Crippen molar-refractivity contribution in [2.45, 2.75) is 19.4 Å². The molecule has 130 valence electrons. The summed E-state index contributed by atoms with van der Waals surface area (Å²) in [5, 5.41) is 3.52. The molecule has 0 unspecified atom stereocenters. The molecule has 6 heteroatoms. The third-order valence-corrected chi connectivity index (χ3v) is 4.55. The molecule has 0 aromatic heterocycles. The highest BCUT2D eigenvalue weighted by molar-refractivity contribution is 6.35.